The van der Waals surface area contributed by atoms with Gasteiger partial charge in [-0.05, 0) is 24.6 Å². The molecule has 132 valence electrons. The second kappa shape index (κ2) is 8.03. The highest BCUT2D eigenvalue weighted by Crippen LogP contribution is 2.27. The summed E-state index contributed by atoms with van der Waals surface area (Å²) in [5, 5.41) is 13.0. The maximum absolute atomic E-state index is 12.4. The normalized spacial score (nSPS) is 16.4. The maximum atomic E-state index is 12.4. The Balaban J connectivity index is 1.50. The van der Waals surface area contributed by atoms with Crippen LogP contribution in [0.2, 0.25) is 0 Å². The van der Waals surface area contributed by atoms with E-state index in [4.69, 9.17) is 0 Å². The Labute approximate surface area is 148 Å². The summed E-state index contributed by atoms with van der Waals surface area (Å²) in [6.07, 6.45) is 0. The number of hydrogen-bond donors (Lipinski definition) is 2. The number of phenolic OH excluding ortho intramolecular Hbond substituents is 1. The number of piperazine rings is 1. The Morgan fingerprint density at radius 2 is 1.68 bits per heavy atom. The highest BCUT2D eigenvalue weighted by atomic mass is 16.3. The Morgan fingerprint density at radius 3 is 2.36 bits per heavy atom. The molecule has 0 radical (unpaired) electrons. The lowest BCUT2D eigenvalue weighted by atomic mass is 10.1. The van der Waals surface area contributed by atoms with Gasteiger partial charge in [-0.25, -0.2) is 0 Å². The summed E-state index contributed by atoms with van der Waals surface area (Å²) in [4.78, 5) is 16.8. The zero-order chi connectivity index (χ0) is 17.6. The molecular formula is C20H25N3O2. The number of carbonyl (C=O) groups excluding carboxylic acids is 1. The number of aromatic hydroxyl groups is 1. The van der Waals surface area contributed by atoms with Gasteiger partial charge in [0, 0.05) is 32.7 Å². The van der Waals surface area contributed by atoms with Crippen molar-refractivity contribution in [2.75, 3.05) is 31.1 Å². The van der Waals surface area contributed by atoms with Crippen molar-refractivity contribution in [3.8, 4) is 5.75 Å². The molecule has 2 aromatic rings. The minimum atomic E-state index is -0.157. The minimum absolute atomic E-state index is 0.0554. The fraction of sp³-hybridized carbons (Fsp3) is 0.350. The smallest absolute Gasteiger partial charge is 0.237 e. The van der Waals surface area contributed by atoms with E-state index in [1.165, 1.54) is 0 Å². The van der Waals surface area contributed by atoms with Gasteiger partial charge in [0.2, 0.25) is 5.91 Å². The fourth-order valence-electron chi connectivity index (χ4n) is 3.18. The van der Waals surface area contributed by atoms with Gasteiger partial charge in [0.25, 0.3) is 0 Å². The molecule has 5 heteroatoms. The molecule has 2 N–H and O–H groups in total. The van der Waals surface area contributed by atoms with E-state index in [1.54, 1.807) is 6.07 Å². The average molecular weight is 339 g/mol. The summed E-state index contributed by atoms with van der Waals surface area (Å²) in [6, 6.07) is 17.2. The average Bonchev–Trinajstić information content (AvgIpc) is 2.67. The largest absolute Gasteiger partial charge is 0.506 e. The summed E-state index contributed by atoms with van der Waals surface area (Å²) in [5.41, 5.74) is 1.97. The van der Waals surface area contributed by atoms with Crippen LogP contribution >= 0.6 is 0 Å². The molecule has 0 bridgehead atoms. The molecule has 1 saturated heterocycles. The van der Waals surface area contributed by atoms with Gasteiger partial charge in [0.1, 0.15) is 5.75 Å². The summed E-state index contributed by atoms with van der Waals surface area (Å²) < 4.78 is 0. The lowest BCUT2D eigenvalue weighted by Crippen LogP contribution is -2.53. The first-order valence-corrected chi connectivity index (χ1v) is 8.74. The van der Waals surface area contributed by atoms with Crippen LogP contribution in [0.1, 0.15) is 12.5 Å². The first-order chi connectivity index (χ1) is 12.1. The minimum Gasteiger partial charge on any atom is -0.506 e. The number of nitrogens with zero attached hydrogens (tertiary/aromatic N) is 2. The molecule has 1 atom stereocenters. The molecule has 0 spiro atoms. The van der Waals surface area contributed by atoms with Crippen LogP contribution in [0.25, 0.3) is 0 Å². The number of carbonyl (C=O) groups is 1. The van der Waals surface area contributed by atoms with Crippen molar-refractivity contribution < 1.29 is 9.90 Å². The summed E-state index contributed by atoms with van der Waals surface area (Å²) >= 11 is 0. The third-order valence-electron chi connectivity index (χ3n) is 4.77. The van der Waals surface area contributed by atoms with Crippen LogP contribution in [0.5, 0.6) is 5.75 Å². The van der Waals surface area contributed by atoms with Crippen molar-refractivity contribution >= 4 is 11.6 Å². The summed E-state index contributed by atoms with van der Waals surface area (Å²) in [5.74, 6) is 0.365. The Kier molecular flexibility index (Phi) is 5.56. The lowest BCUT2D eigenvalue weighted by molar-refractivity contribution is -0.126. The van der Waals surface area contributed by atoms with Crippen LogP contribution in [0.4, 0.5) is 5.69 Å². The number of hydrogen-bond acceptors (Lipinski definition) is 4. The number of amides is 1. The number of anilines is 1. The quantitative estimate of drug-likeness (QED) is 0.877. The molecule has 3 rings (SSSR count). The fourth-order valence-corrected chi connectivity index (χ4v) is 3.18. The third kappa shape index (κ3) is 4.31. The van der Waals surface area contributed by atoms with E-state index in [1.807, 2.05) is 55.5 Å². The third-order valence-corrected chi connectivity index (χ3v) is 4.77. The molecule has 0 aromatic heterocycles. The second-order valence-electron chi connectivity index (χ2n) is 6.39. The molecule has 5 nitrogen and oxygen atoms in total. The van der Waals surface area contributed by atoms with Gasteiger partial charge in [-0.2, -0.15) is 0 Å². The zero-order valence-electron chi connectivity index (χ0n) is 14.6. The van der Waals surface area contributed by atoms with Gasteiger partial charge in [-0.1, -0.05) is 42.5 Å². The number of para-hydroxylation sites is 2. The molecule has 1 aliphatic rings. The topological polar surface area (TPSA) is 55.8 Å². The van der Waals surface area contributed by atoms with Gasteiger partial charge in [0.05, 0.1) is 11.7 Å². The zero-order valence-corrected chi connectivity index (χ0v) is 14.6. The van der Waals surface area contributed by atoms with Crippen molar-refractivity contribution in [2.45, 2.75) is 19.5 Å². The van der Waals surface area contributed by atoms with Crippen LogP contribution in [0.3, 0.4) is 0 Å². The first-order valence-electron chi connectivity index (χ1n) is 8.74. The van der Waals surface area contributed by atoms with Gasteiger partial charge in [-0.3, -0.25) is 9.69 Å². The van der Waals surface area contributed by atoms with E-state index in [0.717, 1.165) is 37.4 Å². The summed E-state index contributed by atoms with van der Waals surface area (Å²) in [6.45, 7) is 5.71. The Bertz CT molecular complexity index is 697. The van der Waals surface area contributed by atoms with E-state index in [2.05, 4.69) is 15.1 Å². The van der Waals surface area contributed by atoms with Gasteiger partial charge in [-0.15, -0.1) is 0 Å². The van der Waals surface area contributed by atoms with E-state index in [0.29, 0.717) is 12.3 Å². The molecule has 25 heavy (non-hydrogen) atoms. The van der Waals surface area contributed by atoms with Crippen molar-refractivity contribution in [1.29, 1.82) is 0 Å². The standard InChI is InChI=1S/C20H25N3O2/c1-16(20(25)21-15-17-7-3-2-4-8-17)22-11-13-23(14-12-22)18-9-5-6-10-19(18)24/h2-10,16,24H,11-15H2,1H3,(H,21,25). The van der Waals surface area contributed by atoms with Crippen molar-refractivity contribution in [2.24, 2.45) is 0 Å². The molecule has 1 fully saturated rings. The number of rotatable bonds is 5. The van der Waals surface area contributed by atoms with E-state index in [9.17, 15) is 9.90 Å². The molecule has 1 heterocycles. The monoisotopic (exact) mass is 339 g/mol. The van der Waals surface area contributed by atoms with Crippen LogP contribution in [-0.2, 0) is 11.3 Å². The lowest BCUT2D eigenvalue weighted by Gasteiger charge is -2.38. The van der Waals surface area contributed by atoms with Crippen LogP contribution in [0, 0.1) is 0 Å². The van der Waals surface area contributed by atoms with E-state index >= 15 is 0 Å². The highest BCUT2D eigenvalue weighted by Gasteiger charge is 2.26. The molecule has 0 aliphatic carbocycles. The highest BCUT2D eigenvalue weighted by molar-refractivity contribution is 5.81. The molecule has 2 aromatic carbocycles. The first kappa shape index (κ1) is 17.3. The van der Waals surface area contributed by atoms with Crippen LogP contribution < -0.4 is 10.2 Å². The summed E-state index contributed by atoms with van der Waals surface area (Å²) in [7, 11) is 0. The van der Waals surface area contributed by atoms with E-state index in [-0.39, 0.29) is 11.9 Å². The number of nitrogens with one attached hydrogen (secondary N) is 1. The Morgan fingerprint density at radius 1 is 1.04 bits per heavy atom. The van der Waals surface area contributed by atoms with Crippen molar-refractivity contribution in [3.05, 3.63) is 60.2 Å². The SMILES string of the molecule is CC(C(=O)NCc1ccccc1)N1CCN(c2ccccc2O)CC1. The van der Waals surface area contributed by atoms with E-state index < -0.39 is 0 Å². The number of phenols is 1. The van der Waals surface area contributed by atoms with Gasteiger partial charge < -0.3 is 15.3 Å². The van der Waals surface area contributed by atoms with Gasteiger partial charge >= 0.3 is 0 Å². The maximum Gasteiger partial charge on any atom is 0.237 e. The van der Waals surface area contributed by atoms with Crippen molar-refractivity contribution in [3.63, 3.8) is 0 Å². The van der Waals surface area contributed by atoms with Crippen molar-refractivity contribution in [1.82, 2.24) is 10.2 Å². The predicted octanol–water partition coefficient (Wildman–Crippen LogP) is 2.22. The second-order valence-corrected chi connectivity index (χ2v) is 6.39. The Hall–Kier alpha value is -2.53. The molecule has 1 amide bonds. The predicted molar refractivity (Wildman–Crippen MR) is 99.6 cm³/mol. The molecule has 1 unspecified atom stereocenters. The van der Waals surface area contributed by atoms with Crippen LogP contribution in [-0.4, -0.2) is 48.1 Å². The van der Waals surface area contributed by atoms with Crippen LogP contribution in [0.15, 0.2) is 54.6 Å². The van der Waals surface area contributed by atoms with Gasteiger partial charge in [0.15, 0.2) is 0 Å². The molecular weight excluding hydrogens is 314 g/mol. The molecule has 0 saturated carbocycles. The molecule has 1 aliphatic heterocycles. The number of benzene rings is 2.